The molecule has 7 heteroatoms. The molecule has 0 saturated heterocycles. The summed E-state index contributed by atoms with van der Waals surface area (Å²) in [5, 5.41) is 8.33. The zero-order valence-electron chi connectivity index (χ0n) is 14.5. The lowest BCUT2D eigenvalue weighted by atomic mass is 10.0. The fraction of sp³-hybridized carbons (Fsp3) is 0.278. The fourth-order valence-corrected chi connectivity index (χ4v) is 3.15. The summed E-state index contributed by atoms with van der Waals surface area (Å²) in [5.74, 6) is 0.289. The van der Waals surface area contributed by atoms with Crippen LogP contribution in [0, 0.1) is 0 Å². The third kappa shape index (κ3) is 5.04. The smallest absolute Gasteiger partial charge is 0.238 e. The molecule has 0 fully saturated rings. The van der Waals surface area contributed by atoms with Crippen molar-refractivity contribution in [3.8, 4) is 0 Å². The number of aryl methyl sites for hydroxylation is 2. The van der Waals surface area contributed by atoms with Crippen molar-refractivity contribution in [1.82, 2.24) is 0 Å². The van der Waals surface area contributed by atoms with Crippen molar-refractivity contribution in [1.29, 1.82) is 0 Å². The van der Waals surface area contributed by atoms with E-state index in [4.69, 9.17) is 10.9 Å². The average Bonchev–Trinajstić information content (AvgIpc) is 2.59. The summed E-state index contributed by atoms with van der Waals surface area (Å²) in [7, 11) is -3.73. The normalized spacial score (nSPS) is 12.2. The highest BCUT2D eigenvalue weighted by atomic mass is 32.2. The Hall–Kier alpha value is -2.38. The molecule has 0 saturated carbocycles. The summed E-state index contributed by atoms with van der Waals surface area (Å²) in [5.41, 5.74) is 10.1. The predicted molar refractivity (Wildman–Crippen MR) is 102 cm³/mol. The number of hydrogen-bond donors (Lipinski definition) is 3. The van der Waals surface area contributed by atoms with Gasteiger partial charge in [0.1, 0.15) is 0 Å². The van der Waals surface area contributed by atoms with Crippen molar-refractivity contribution >= 4 is 21.7 Å². The summed E-state index contributed by atoms with van der Waals surface area (Å²) in [6, 6.07) is 12.5. The predicted octanol–water partition coefficient (Wildman–Crippen LogP) is 2.39. The van der Waals surface area contributed by atoms with E-state index in [2.05, 4.69) is 36.3 Å². The molecule has 5 N–H and O–H groups in total. The maximum Gasteiger partial charge on any atom is 0.238 e. The van der Waals surface area contributed by atoms with Gasteiger partial charge < -0.3 is 11.1 Å². The van der Waals surface area contributed by atoms with Gasteiger partial charge in [0.15, 0.2) is 5.96 Å². The summed E-state index contributed by atoms with van der Waals surface area (Å²) in [4.78, 5) is 4.38. The van der Waals surface area contributed by atoms with Crippen LogP contribution in [0.2, 0.25) is 0 Å². The van der Waals surface area contributed by atoms with Gasteiger partial charge in [0.05, 0.1) is 11.4 Å². The highest BCUT2D eigenvalue weighted by Gasteiger charge is 2.09. The molecular weight excluding hydrogens is 336 g/mol. The Kier molecular flexibility index (Phi) is 6.17. The van der Waals surface area contributed by atoms with E-state index < -0.39 is 10.0 Å². The summed E-state index contributed by atoms with van der Waals surface area (Å²) < 4.78 is 22.8. The topological polar surface area (TPSA) is 111 Å². The van der Waals surface area contributed by atoms with Gasteiger partial charge in [-0.3, -0.25) is 0 Å². The molecule has 2 aromatic carbocycles. The van der Waals surface area contributed by atoms with Crippen LogP contribution in [0.1, 0.15) is 30.5 Å². The van der Waals surface area contributed by atoms with Crippen LogP contribution < -0.4 is 16.2 Å². The van der Waals surface area contributed by atoms with Crippen molar-refractivity contribution in [2.24, 2.45) is 15.9 Å². The number of hydrogen-bond acceptors (Lipinski definition) is 3. The quantitative estimate of drug-likeness (QED) is 0.542. The first-order valence-electron chi connectivity index (χ1n) is 8.14. The van der Waals surface area contributed by atoms with Gasteiger partial charge >= 0.3 is 0 Å². The Labute approximate surface area is 149 Å². The molecule has 0 aliphatic rings. The molecule has 0 amide bonds. The van der Waals surface area contributed by atoms with Crippen LogP contribution >= 0.6 is 0 Å². The molecular formula is C18H24N4O2S. The number of nitrogens with one attached hydrogen (secondary N) is 1. The maximum atomic E-state index is 11.4. The van der Waals surface area contributed by atoms with Crippen LogP contribution in [-0.4, -0.2) is 14.4 Å². The fourth-order valence-electron chi connectivity index (χ4n) is 2.57. The van der Waals surface area contributed by atoms with E-state index in [1.165, 1.54) is 23.3 Å². The lowest BCUT2D eigenvalue weighted by Crippen LogP contribution is -2.24. The highest BCUT2D eigenvalue weighted by molar-refractivity contribution is 7.89. The number of guanidine groups is 1. The van der Waals surface area contributed by atoms with Crippen LogP contribution in [0.15, 0.2) is 52.4 Å². The van der Waals surface area contributed by atoms with Gasteiger partial charge in [0.25, 0.3) is 0 Å². The molecule has 2 rings (SSSR count). The van der Waals surface area contributed by atoms with E-state index in [-0.39, 0.29) is 17.4 Å². The first kappa shape index (κ1) is 19.0. The van der Waals surface area contributed by atoms with Gasteiger partial charge in [-0.05, 0) is 41.7 Å². The van der Waals surface area contributed by atoms with Crippen LogP contribution in [-0.2, 0) is 29.4 Å². The van der Waals surface area contributed by atoms with Crippen molar-refractivity contribution in [3.63, 3.8) is 0 Å². The van der Waals surface area contributed by atoms with Crippen molar-refractivity contribution < 1.29 is 8.42 Å². The number of sulfonamides is 1. The lowest BCUT2D eigenvalue weighted by molar-refractivity contribution is 0.597. The minimum Gasteiger partial charge on any atom is -0.370 e. The second-order valence-corrected chi connectivity index (χ2v) is 7.24. The SMILES string of the molecule is CCc1cccc(CC)c1NC(N)=NCc1cccc(S(N)(=O)=O)c1. The summed E-state index contributed by atoms with van der Waals surface area (Å²) >= 11 is 0. The third-order valence-electron chi connectivity index (χ3n) is 3.91. The number of benzene rings is 2. The summed E-state index contributed by atoms with van der Waals surface area (Å²) in [6.45, 7) is 4.44. The molecule has 0 heterocycles. The van der Waals surface area contributed by atoms with Crippen molar-refractivity contribution in [2.75, 3.05) is 5.32 Å². The van der Waals surface area contributed by atoms with Crippen molar-refractivity contribution in [3.05, 3.63) is 59.2 Å². The molecule has 134 valence electrons. The maximum absolute atomic E-state index is 11.4. The second kappa shape index (κ2) is 8.13. The monoisotopic (exact) mass is 360 g/mol. The number of para-hydroxylation sites is 1. The van der Waals surface area contributed by atoms with Gasteiger partial charge in [0, 0.05) is 5.69 Å². The van der Waals surface area contributed by atoms with Gasteiger partial charge in [-0.2, -0.15) is 0 Å². The Bertz CT molecular complexity index is 854. The van der Waals surface area contributed by atoms with Gasteiger partial charge in [-0.25, -0.2) is 18.5 Å². The molecule has 2 aromatic rings. The number of aliphatic imine (C=N–C) groups is 1. The standard InChI is InChI=1S/C18H24N4O2S/c1-3-14-8-6-9-15(4-2)17(14)22-18(19)21-12-13-7-5-10-16(11-13)25(20,23)24/h5-11H,3-4,12H2,1-2H3,(H3,19,21,22)(H2,20,23,24). The molecule has 0 aliphatic carbocycles. The van der Waals surface area contributed by atoms with Crippen LogP contribution in [0.3, 0.4) is 0 Å². The van der Waals surface area contributed by atoms with E-state index in [9.17, 15) is 8.42 Å². The largest absolute Gasteiger partial charge is 0.370 e. The lowest BCUT2D eigenvalue weighted by Gasteiger charge is -2.14. The molecule has 0 bridgehead atoms. The molecule has 0 aliphatic heterocycles. The molecule has 6 nitrogen and oxygen atoms in total. The van der Waals surface area contributed by atoms with Gasteiger partial charge in [0.2, 0.25) is 10.0 Å². The van der Waals surface area contributed by atoms with Crippen molar-refractivity contribution in [2.45, 2.75) is 38.1 Å². The van der Waals surface area contributed by atoms with Crippen LogP contribution in [0.4, 0.5) is 5.69 Å². The molecule has 0 unspecified atom stereocenters. The minimum atomic E-state index is -3.73. The molecule has 0 spiro atoms. The molecule has 0 atom stereocenters. The Morgan fingerprint density at radius 3 is 2.24 bits per heavy atom. The molecule has 0 aromatic heterocycles. The first-order chi connectivity index (χ1) is 11.8. The van der Waals surface area contributed by atoms with E-state index in [1.807, 2.05) is 6.07 Å². The van der Waals surface area contributed by atoms with Crippen LogP contribution in [0.5, 0.6) is 0 Å². The van der Waals surface area contributed by atoms with E-state index in [0.29, 0.717) is 0 Å². The minimum absolute atomic E-state index is 0.0660. The summed E-state index contributed by atoms with van der Waals surface area (Å²) in [6.07, 6.45) is 1.78. The van der Waals surface area contributed by atoms with E-state index in [1.54, 1.807) is 12.1 Å². The average molecular weight is 360 g/mol. The van der Waals surface area contributed by atoms with E-state index in [0.717, 1.165) is 24.1 Å². The van der Waals surface area contributed by atoms with Gasteiger partial charge in [-0.15, -0.1) is 0 Å². The Morgan fingerprint density at radius 2 is 1.68 bits per heavy atom. The Balaban J connectivity index is 2.19. The number of nitrogens with two attached hydrogens (primary N) is 2. The highest BCUT2D eigenvalue weighted by Crippen LogP contribution is 2.22. The molecule has 0 radical (unpaired) electrons. The van der Waals surface area contributed by atoms with Crippen LogP contribution in [0.25, 0.3) is 0 Å². The Morgan fingerprint density at radius 1 is 1.08 bits per heavy atom. The number of rotatable bonds is 6. The third-order valence-corrected chi connectivity index (χ3v) is 4.82. The zero-order chi connectivity index (χ0) is 18.4. The van der Waals surface area contributed by atoms with Gasteiger partial charge in [-0.1, -0.05) is 44.2 Å². The zero-order valence-corrected chi connectivity index (χ0v) is 15.3. The van der Waals surface area contributed by atoms with E-state index >= 15 is 0 Å². The second-order valence-electron chi connectivity index (χ2n) is 5.68. The molecule has 25 heavy (non-hydrogen) atoms. The number of anilines is 1. The first-order valence-corrected chi connectivity index (χ1v) is 9.69. The number of primary sulfonamides is 1. The number of nitrogens with zero attached hydrogens (tertiary/aromatic N) is 1.